The van der Waals surface area contributed by atoms with E-state index in [4.69, 9.17) is 9.47 Å². The Morgan fingerprint density at radius 1 is 0.926 bits per heavy atom. The Kier molecular flexibility index (Phi) is 6.04. The first kappa shape index (κ1) is 18.4. The quantitative estimate of drug-likeness (QED) is 0.846. The minimum absolute atomic E-state index is 0.224. The van der Waals surface area contributed by atoms with Crippen LogP contribution in [0.3, 0.4) is 0 Å². The summed E-state index contributed by atoms with van der Waals surface area (Å²) in [6.45, 7) is 6.46. The SMILES string of the molecule is O[C@H]1CN(Cc2ccc(OCc3ccccc3)cc2)C[C@@H]1N1CCOCC1. The first-order valence-electron chi connectivity index (χ1n) is 9.76. The van der Waals surface area contributed by atoms with Gasteiger partial charge in [0.05, 0.1) is 19.3 Å². The Labute approximate surface area is 161 Å². The van der Waals surface area contributed by atoms with Crippen molar-refractivity contribution in [3.63, 3.8) is 0 Å². The van der Waals surface area contributed by atoms with E-state index < -0.39 is 0 Å². The van der Waals surface area contributed by atoms with Gasteiger partial charge in [-0.2, -0.15) is 0 Å². The number of benzene rings is 2. The van der Waals surface area contributed by atoms with Crippen LogP contribution in [0.25, 0.3) is 0 Å². The van der Waals surface area contributed by atoms with Crippen molar-refractivity contribution in [2.45, 2.75) is 25.3 Å². The van der Waals surface area contributed by atoms with Crippen molar-refractivity contribution >= 4 is 0 Å². The molecule has 2 heterocycles. The van der Waals surface area contributed by atoms with Gasteiger partial charge < -0.3 is 14.6 Å². The largest absolute Gasteiger partial charge is 0.489 e. The third-order valence-corrected chi connectivity index (χ3v) is 5.43. The zero-order valence-corrected chi connectivity index (χ0v) is 15.7. The molecular weight excluding hydrogens is 340 g/mol. The summed E-state index contributed by atoms with van der Waals surface area (Å²) in [5.41, 5.74) is 2.42. The number of hydrogen-bond acceptors (Lipinski definition) is 5. The van der Waals surface area contributed by atoms with Gasteiger partial charge in [-0.25, -0.2) is 0 Å². The molecule has 0 aromatic heterocycles. The molecule has 5 nitrogen and oxygen atoms in total. The third kappa shape index (κ3) is 4.87. The number of likely N-dealkylation sites (tertiary alicyclic amines) is 1. The van der Waals surface area contributed by atoms with Crippen LogP contribution in [-0.2, 0) is 17.9 Å². The summed E-state index contributed by atoms with van der Waals surface area (Å²) in [6, 6.07) is 18.7. The molecule has 2 atom stereocenters. The second-order valence-electron chi connectivity index (χ2n) is 7.40. The maximum absolute atomic E-state index is 10.5. The van der Waals surface area contributed by atoms with Crippen molar-refractivity contribution in [2.24, 2.45) is 0 Å². The fourth-order valence-electron chi connectivity index (χ4n) is 3.93. The van der Waals surface area contributed by atoms with E-state index in [1.165, 1.54) is 11.1 Å². The molecule has 2 fully saturated rings. The lowest BCUT2D eigenvalue weighted by molar-refractivity contribution is -0.00618. The van der Waals surface area contributed by atoms with Crippen molar-refractivity contribution in [2.75, 3.05) is 39.4 Å². The van der Waals surface area contributed by atoms with Gasteiger partial charge in [0, 0.05) is 38.8 Å². The summed E-state index contributed by atoms with van der Waals surface area (Å²) in [6.07, 6.45) is -0.281. The molecule has 5 heteroatoms. The highest BCUT2D eigenvalue weighted by atomic mass is 16.5. The molecule has 0 aliphatic carbocycles. The number of ether oxygens (including phenoxy) is 2. The lowest BCUT2D eigenvalue weighted by Crippen LogP contribution is -2.48. The summed E-state index contributed by atoms with van der Waals surface area (Å²) in [7, 11) is 0. The van der Waals surface area contributed by atoms with Crippen LogP contribution < -0.4 is 4.74 Å². The molecule has 4 rings (SSSR count). The van der Waals surface area contributed by atoms with Crippen LogP contribution in [-0.4, -0.2) is 66.4 Å². The molecule has 2 aromatic rings. The predicted molar refractivity (Wildman–Crippen MR) is 105 cm³/mol. The number of morpholine rings is 1. The van der Waals surface area contributed by atoms with Crippen molar-refractivity contribution in [3.05, 3.63) is 65.7 Å². The third-order valence-electron chi connectivity index (χ3n) is 5.43. The van der Waals surface area contributed by atoms with Gasteiger partial charge in [-0.05, 0) is 23.3 Å². The monoisotopic (exact) mass is 368 g/mol. The number of β-amino-alcohol motifs (C(OH)–C–C–N with tert-alkyl or cyclic N) is 1. The van der Waals surface area contributed by atoms with Crippen LogP contribution in [0.15, 0.2) is 54.6 Å². The Bertz CT molecular complexity index is 701. The molecule has 27 heavy (non-hydrogen) atoms. The van der Waals surface area contributed by atoms with Crippen LogP contribution in [0.2, 0.25) is 0 Å². The first-order chi connectivity index (χ1) is 13.3. The van der Waals surface area contributed by atoms with E-state index >= 15 is 0 Å². The molecule has 0 unspecified atom stereocenters. The highest BCUT2D eigenvalue weighted by Crippen LogP contribution is 2.21. The summed E-state index contributed by atoms with van der Waals surface area (Å²) in [5.74, 6) is 0.884. The summed E-state index contributed by atoms with van der Waals surface area (Å²) >= 11 is 0. The van der Waals surface area contributed by atoms with Gasteiger partial charge in [0.1, 0.15) is 12.4 Å². The Balaban J connectivity index is 1.28. The standard InChI is InChI=1S/C22H28N2O3/c25-22-16-23(15-21(22)24-10-12-26-13-11-24)14-18-6-8-20(9-7-18)27-17-19-4-2-1-3-5-19/h1-9,21-22,25H,10-17H2/t21-,22-/m0/s1. The maximum atomic E-state index is 10.5. The van der Waals surface area contributed by atoms with Crippen molar-refractivity contribution in [1.29, 1.82) is 0 Å². The zero-order chi connectivity index (χ0) is 18.5. The first-order valence-corrected chi connectivity index (χ1v) is 9.76. The number of aliphatic hydroxyl groups excluding tert-OH is 1. The number of nitrogens with zero attached hydrogens (tertiary/aromatic N) is 2. The molecule has 2 aliphatic heterocycles. The maximum Gasteiger partial charge on any atom is 0.119 e. The zero-order valence-electron chi connectivity index (χ0n) is 15.7. The lowest BCUT2D eigenvalue weighted by Gasteiger charge is -2.33. The van der Waals surface area contributed by atoms with Crippen molar-refractivity contribution in [1.82, 2.24) is 9.80 Å². The van der Waals surface area contributed by atoms with Gasteiger partial charge in [-0.1, -0.05) is 42.5 Å². The molecule has 2 aliphatic rings. The molecule has 0 bridgehead atoms. The Morgan fingerprint density at radius 3 is 2.41 bits per heavy atom. The van der Waals surface area contributed by atoms with Gasteiger partial charge in [0.2, 0.25) is 0 Å². The van der Waals surface area contributed by atoms with E-state index in [-0.39, 0.29) is 12.1 Å². The fraction of sp³-hybridized carbons (Fsp3) is 0.455. The molecule has 0 saturated carbocycles. The smallest absolute Gasteiger partial charge is 0.119 e. The van der Waals surface area contributed by atoms with Crippen molar-refractivity contribution in [3.8, 4) is 5.75 Å². The van der Waals surface area contributed by atoms with Gasteiger partial charge >= 0.3 is 0 Å². The highest BCUT2D eigenvalue weighted by Gasteiger charge is 2.35. The van der Waals surface area contributed by atoms with E-state index in [2.05, 4.69) is 34.1 Å². The summed E-state index contributed by atoms with van der Waals surface area (Å²) < 4.78 is 11.3. The summed E-state index contributed by atoms with van der Waals surface area (Å²) in [5, 5.41) is 10.5. The van der Waals surface area contributed by atoms with Crippen LogP contribution in [0.5, 0.6) is 5.75 Å². The normalized spacial score (nSPS) is 24.2. The van der Waals surface area contributed by atoms with Crippen LogP contribution in [0, 0.1) is 0 Å². The van der Waals surface area contributed by atoms with E-state index in [0.717, 1.165) is 51.7 Å². The molecule has 144 valence electrons. The Hall–Kier alpha value is -1.92. The van der Waals surface area contributed by atoms with Crippen LogP contribution in [0.4, 0.5) is 0 Å². The fourth-order valence-corrected chi connectivity index (χ4v) is 3.93. The lowest BCUT2D eigenvalue weighted by atomic mass is 10.1. The predicted octanol–water partition coefficient (Wildman–Crippen LogP) is 2.14. The van der Waals surface area contributed by atoms with E-state index in [1.54, 1.807) is 0 Å². The van der Waals surface area contributed by atoms with Gasteiger partial charge in [0.25, 0.3) is 0 Å². The Morgan fingerprint density at radius 2 is 1.67 bits per heavy atom. The summed E-state index contributed by atoms with van der Waals surface area (Å²) in [4.78, 5) is 4.71. The minimum Gasteiger partial charge on any atom is -0.489 e. The average molecular weight is 368 g/mol. The number of hydrogen-bond donors (Lipinski definition) is 1. The highest BCUT2D eigenvalue weighted by molar-refractivity contribution is 5.28. The van der Waals surface area contributed by atoms with E-state index in [0.29, 0.717) is 6.61 Å². The van der Waals surface area contributed by atoms with Crippen LogP contribution >= 0.6 is 0 Å². The van der Waals surface area contributed by atoms with Crippen LogP contribution in [0.1, 0.15) is 11.1 Å². The molecule has 1 N–H and O–H groups in total. The molecule has 0 radical (unpaired) electrons. The number of rotatable bonds is 6. The molecular formula is C22H28N2O3. The molecule has 0 spiro atoms. The topological polar surface area (TPSA) is 45.2 Å². The van der Waals surface area contributed by atoms with Gasteiger partial charge in [-0.3, -0.25) is 9.80 Å². The van der Waals surface area contributed by atoms with Gasteiger partial charge in [0.15, 0.2) is 0 Å². The molecule has 0 amide bonds. The van der Waals surface area contributed by atoms with Crippen molar-refractivity contribution < 1.29 is 14.6 Å². The minimum atomic E-state index is -0.281. The van der Waals surface area contributed by atoms with E-state index in [9.17, 15) is 5.11 Å². The van der Waals surface area contributed by atoms with Gasteiger partial charge in [-0.15, -0.1) is 0 Å². The second-order valence-corrected chi connectivity index (χ2v) is 7.40. The second kappa shape index (κ2) is 8.85. The van der Waals surface area contributed by atoms with E-state index in [1.807, 2.05) is 30.3 Å². The molecule has 2 aromatic carbocycles. The average Bonchev–Trinajstić information content (AvgIpc) is 3.09. The number of aliphatic hydroxyl groups is 1. The molecule has 2 saturated heterocycles.